The fourth-order valence-corrected chi connectivity index (χ4v) is 1.76. The molecule has 0 spiro atoms. The van der Waals surface area contributed by atoms with E-state index in [4.69, 9.17) is 14.6 Å². The van der Waals surface area contributed by atoms with Gasteiger partial charge in [-0.1, -0.05) is 22.0 Å². The smallest absolute Gasteiger partial charge is 0.332 e. The largest absolute Gasteiger partial charge is 0.478 e. The molecule has 5 heteroatoms. The number of hydrogen-bond donors (Lipinski definition) is 1. The summed E-state index contributed by atoms with van der Waals surface area (Å²) < 4.78 is 10.4. The highest BCUT2D eigenvalue weighted by atomic mass is 79.9. The van der Waals surface area contributed by atoms with Crippen LogP contribution in [0.5, 0.6) is 11.5 Å². The molecule has 0 saturated heterocycles. The van der Waals surface area contributed by atoms with Gasteiger partial charge in [0, 0.05) is 10.9 Å². The van der Waals surface area contributed by atoms with Gasteiger partial charge in [0.15, 0.2) is 11.5 Å². The zero-order chi connectivity index (χ0) is 11.5. The zero-order valence-corrected chi connectivity index (χ0v) is 9.86. The third kappa shape index (κ3) is 2.19. The van der Waals surface area contributed by atoms with Crippen molar-refractivity contribution in [1.29, 1.82) is 0 Å². The fraction of sp³-hybridized carbons (Fsp3) is 0.182. The minimum atomic E-state index is -0.936. The Balaban J connectivity index is 2.31. The Hall–Kier alpha value is -1.49. The topological polar surface area (TPSA) is 55.8 Å². The summed E-state index contributed by atoms with van der Waals surface area (Å²) in [6.45, 7) is 0.215. The van der Waals surface area contributed by atoms with Crippen LogP contribution in [0.25, 0.3) is 6.08 Å². The Labute approximate surface area is 101 Å². The lowest BCUT2D eigenvalue weighted by molar-refractivity contribution is -0.132. The maximum absolute atomic E-state index is 10.8. The van der Waals surface area contributed by atoms with E-state index in [1.807, 2.05) is 0 Å². The number of halogens is 1. The molecule has 0 atom stereocenters. The lowest BCUT2D eigenvalue weighted by atomic mass is 10.1. The molecule has 1 aliphatic heterocycles. The first kappa shape index (κ1) is 11.0. The number of rotatable bonds is 3. The van der Waals surface area contributed by atoms with E-state index in [0.29, 0.717) is 22.4 Å². The number of carboxylic acid groups (broad SMARTS) is 1. The minimum absolute atomic E-state index is 0.215. The SMILES string of the molecule is O=C(O)/C(=C/c1ccc2c(c1)OCO2)CBr. The van der Waals surface area contributed by atoms with Gasteiger partial charge in [0.2, 0.25) is 6.79 Å². The van der Waals surface area contributed by atoms with Gasteiger partial charge in [0.25, 0.3) is 0 Å². The van der Waals surface area contributed by atoms with Crippen LogP contribution >= 0.6 is 15.9 Å². The summed E-state index contributed by atoms with van der Waals surface area (Å²) in [5, 5.41) is 9.18. The minimum Gasteiger partial charge on any atom is -0.478 e. The van der Waals surface area contributed by atoms with E-state index in [2.05, 4.69) is 15.9 Å². The standard InChI is InChI=1S/C11H9BrO4/c12-5-8(11(13)14)3-7-1-2-9-10(4-7)16-6-15-9/h1-4H,5-6H2,(H,13,14)/b8-3+. The highest BCUT2D eigenvalue weighted by Gasteiger charge is 2.13. The van der Waals surface area contributed by atoms with Gasteiger partial charge < -0.3 is 14.6 Å². The van der Waals surface area contributed by atoms with Crippen LogP contribution < -0.4 is 9.47 Å². The first-order valence-electron chi connectivity index (χ1n) is 4.60. The molecule has 0 bridgehead atoms. The molecule has 1 aromatic rings. The predicted octanol–water partition coefficient (Wildman–Crippen LogP) is 2.28. The molecule has 2 rings (SSSR count). The summed E-state index contributed by atoms with van der Waals surface area (Å²) in [6, 6.07) is 5.31. The molecule has 1 N–H and O–H groups in total. The van der Waals surface area contributed by atoms with Crippen molar-refractivity contribution >= 4 is 28.0 Å². The number of fused-ring (bicyclic) bond motifs is 1. The van der Waals surface area contributed by atoms with Crippen LogP contribution in [0.3, 0.4) is 0 Å². The summed E-state index contributed by atoms with van der Waals surface area (Å²) in [7, 11) is 0. The summed E-state index contributed by atoms with van der Waals surface area (Å²) in [5.41, 5.74) is 1.07. The number of ether oxygens (including phenoxy) is 2. The van der Waals surface area contributed by atoms with E-state index >= 15 is 0 Å². The monoisotopic (exact) mass is 284 g/mol. The number of alkyl halides is 1. The molecule has 0 radical (unpaired) electrons. The summed E-state index contributed by atoms with van der Waals surface area (Å²) in [5.74, 6) is 0.399. The van der Waals surface area contributed by atoms with Gasteiger partial charge in [0.1, 0.15) is 0 Å². The van der Waals surface area contributed by atoms with Gasteiger partial charge in [0.05, 0.1) is 0 Å². The van der Waals surface area contributed by atoms with Crippen molar-refractivity contribution in [3.05, 3.63) is 29.3 Å². The van der Waals surface area contributed by atoms with Gasteiger partial charge in [-0.15, -0.1) is 0 Å². The molecule has 1 aliphatic rings. The molecule has 0 fully saturated rings. The van der Waals surface area contributed by atoms with Crippen molar-refractivity contribution in [3.63, 3.8) is 0 Å². The van der Waals surface area contributed by atoms with Crippen molar-refractivity contribution < 1.29 is 19.4 Å². The second-order valence-corrected chi connectivity index (χ2v) is 3.78. The lowest BCUT2D eigenvalue weighted by Crippen LogP contribution is -2.00. The Bertz CT molecular complexity index is 453. The van der Waals surface area contributed by atoms with Gasteiger partial charge in [-0.2, -0.15) is 0 Å². The molecule has 0 saturated carbocycles. The first-order chi connectivity index (χ1) is 7.70. The van der Waals surface area contributed by atoms with E-state index in [0.717, 1.165) is 5.56 Å². The Kier molecular flexibility index (Phi) is 3.14. The average Bonchev–Trinajstić information content (AvgIpc) is 2.72. The van der Waals surface area contributed by atoms with Crippen LogP contribution in [-0.4, -0.2) is 23.2 Å². The van der Waals surface area contributed by atoms with Crippen molar-refractivity contribution in [3.8, 4) is 11.5 Å². The highest BCUT2D eigenvalue weighted by molar-refractivity contribution is 9.09. The molecule has 4 nitrogen and oxygen atoms in total. The van der Waals surface area contributed by atoms with E-state index < -0.39 is 5.97 Å². The maximum Gasteiger partial charge on any atom is 0.332 e. The van der Waals surface area contributed by atoms with Gasteiger partial charge in [-0.25, -0.2) is 4.79 Å². The quantitative estimate of drug-likeness (QED) is 0.683. The van der Waals surface area contributed by atoms with Crippen LogP contribution in [0.4, 0.5) is 0 Å². The normalized spacial score (nSPS) is 13.9. The highest BCUT2D eigenvalue weighted by Crippen LogP contribution is 2.33. The van der Waals surface area contributed by atoms with Gasteiger partial charge >= 0.3 is 5.97 Å². The Morgan fingerprint density at radius 2 is 2.19 bits per heavy atom. The number of hydrogen-bond acceptors (Lipinski definition) is 3. The maximum atomic E-state index is 10.8. The molecule has 0 amide bonds. The van der Waals surface area contributed by atoms with E-state index in [-0.39, 0.29) is 6.79 Å². The third-order valence-electron chi connectivity index (χ3n) is 2.16. The van der Waals surface area contributed by atoms with Crippen molar-refractivity contribution in [2.24, 2.45) is 0 Å². The van der Waals surface area contributed by atoms with Crippen LogP contribution in [-0.2, 0) is 4.79 Å². The zero-order valence-electron chi connectivity index (χ0n) is 8.27. The summed E-state index contributed by atoms with van der Waals surface area (Å²) in [4.78, 5) is 10.8. The summed E-state index contributed by atoms with van der Waals surface area (Å²) in [6.07, 6.45) is 1.60. The summed E-state index contributed by atoms with van der Waals surface area (Å²) >= 11 is 3.13. The second-order valence-electron chi connectivity index (χ2n) is 3.22. The van der Waals surface area contributed by atoms with Gasteiger partial charge in [-0.3, -0.25) is 0 Å². The molecule has 0 unspecified atom stereocenters. The number of benzene rings is 1. The predicted molar refractivity (Wildman–Crippen MR) is 62.0 cm³/mol. The molecular formula is C11H9BrO4. The van der Waals surface area contributed by atoms with Crippen molar-refractivity contribution in [1.82, 2.24) is 0 Å². The van der Waals surface area contributed by atoms with Crippen LogP contribution in [0.1, 0.15) is 5.56 Å². The number of carboxylic acids is 1. The third-order valence-corrected chi connectivity index (χ3v) is 2.76. The first-order valence-corrected chi connectivity index (χ1v) is 5.72. The van der Waals surface area contributed by atoms with Crippen LogP contribution in [0.15, 0.2) is 23.8 Å². The molecule has 16 heavy (non-hydrogen) atoms. The van der Waals surface area contributed by atoms with E-state index in [9.17, 15) is 4.79 Å². The van der Waals surface area contributed by atoms with Gasteiger partial charge in [-0.05, 0) is 23.8 Å². The van der Waals surface area contributed by atoms with E-state index in [1.165, 1.54) is 0 Å². The van der Waals surface area contributed by atoms with E-state index in [1.54, 1.807) is 24.3 Å². The molecule has 0 aliphatic carbocycles. The Morgan fingerprint density at radius 3 is 2.88 bits per heavy atom. The van der Waals surface area contributed by atoms with Crippen molar-refractivity contribution in [2.75, 3.05) is 12.1 Å². The number of carbonyl (C=O) groups is 1. The molecule has 0 aromatic heterocycles. The number of aliphatic carboxylic acids is 1. The van der Waals surface area contributed by atoms with Crippen LogP contribution in [0.2, 0.25) is 0 Å². The van der Waals surface area contributed by atoms with Crippen LogP contribution in [0, 0.1) is 0 Å². The average molecular weight is 285 g/mol. The Morgan fingerprint density at radius 1 is 1.44 bits per heavy atom. The second kappa shape index (κ2) is 4.57. The molecular weight excluding hydrogens is 276 g/mol. The lowest BCUT2D eigenvalue weighted by Gasteiger charge is -2.00. The fourth-order valence-electron chi connectivity index (χ4n) is 1.36. The molecule has 84 valence electrons. The molecule has 1 heterocycles. The molecule has 1 aromatic carbocycles. The van der Waals surface area contributed by atoms with Crippen molar-refractivity contribution in [2.45, 2.75) is 0 Å².